The first kappa shape index (κ1) is 7.50. The average Bonchev–Trinajstić information content (AvgIpc) is 2.53. The molecule has 0 aliphatic heterocycles. The van der Waals surface area contributed by atoms with Crippen LogP contribution in [0.2, 0.25) is 0 Å². The van der Waals surface area contributed by atoms with Gasteiger partial charge in [0.2, 0.25) is 0 Å². The van der Waals surface area contributed by atoms with E-state index in [4.69, 9.17) is 0 Å². The van der Waals surface area contributed by atoms with Gasteiger partial charge in [-0.1, -0.05) is 24.3 Å². The van der Waals surface area contributed by atoms with Crippen molar-refractivity contribution in [3.05, 3.63) is 42.4 Å². The summed E-state index contributed by atoms with van der Waals surface area (Å²) in [4.78, 5) is 4.32. The summed E-state index contributed by atoms with van der Waals surface area (Å²) in [6.45, 7) is 1.90. The highest BCUT2D eigenvalue weighted by atomic mass is 15.3. The Kier molecular flexibility index (Phi) is 1.36. The second-order valence-corrected chi connectivity index (χ2v) is 3.36. The van der Waals surface area contributed by atoms with Crippen LogP contribution in [0, 0.1) is 6.92 Å². The van der Waals surface area contributed by atoms with Crippen molar-refractivity contribution in [1.29, 1.82) is 0 Å². The minimum Gasteiger partial charge on any atom is -0.220 e. The molecular weight excluding hydrogens is 174 g/mol. The van der Waals surface area contributed by atoms with Crippen LogP contribution >= 0.6 is 0 Å². The Morgan fingerprint density at radius 3 is 2.79 bits per heavy atom. The molecule has 3 nitrogen and oxygen atoms in total. The van der Waals surface area contributed by atoms with Gasteiger partial charge < -0.3 is 0 Å². The number of aryl methyl sites for hydroxylation is 1. The van der Waals surface area contributed by atoms with Crippen molar-refractivity contribution in [1.82, 2.24) is 14.6 Å². The Hall–Kier alpha value is -1.90. The fourth-order valence-electron chi connectivity index (χ4n) is 1.67. The zero-order valence-corrected chi connectivity index (χ0v) is 7.81. The minimum atomic E-state index is 0.806. The van der Waals surface area contributed by atoms with Gasteiger partial charge in [0.05, 0.1) is 0 Å². The van der Waals surface area contributed by atoms with Crippen LogP contribution in [0.4, 0.5) is 0 Å². The summed E-state index contributed by atoms with van der Waals surface area (Å²) in [6.07, 6.45) is 2.00. The quantitative estimate of drug-likeness (QED) is 0.534. The summed E-state index contributed by atoms with van der Waals surface area (Å²) in [7, 11) is 0. The molecule has 0 amide bonds. The van der Waals surface area contributed by atoms with Gasteiger partial charge in [0, 0.05) is 11.6 Å². The predicted molar refractivity (Wildman–Crippen MR) is 55.2 cm³/mol. The van der Waals surface area contributed by atoms with Gasteiger partial charge in [0.25, 0.3) is 0 Å². The highest BCUT2D eigenvalue weighted by Gasteiger charge is 2.00. The van der Waals surface area contributed by atoms with Gasteiger partial charge in [-0.05, 0) is 18.4 Å². The number of hydrogen-bond acceptors (Lipinski definition) is 2. The van der Waals surface area contributed by atoms with Crippen molar-refractivity contribution >= 4 is 16.4 Å². The van der Waals surface area contributed by atoms with Gasteiger partial charge >= 0.3 is 0 Å². The summed E-state index contributed by atoms with van der Waals surface area (Å²) in [5.41, 5.74) is 0.904. The zero-order chi connectivity index (χ0) is 9.54. The number of hydrogen-bond donors (Lipinski definition) is 0. The lowest BCUT2D eigenvalue weighted by Crippen LogP contribution is -1.86. The minimum absolute atomic E-state index is 0.806. The second-order valence-electron chi connectivity index (χ2n) is 3.36. The topological polar surface area (TPSA) is 30.2 Å². The van der Waals surface area contributed by atoms with Crippen LogP contribution in [0.15, 0.2) is 36.5 Å². The molecule has 2 aromatic heterocycles. The summed E-state index contributed by atoms with van der Waals surface area (Å²) in [5, 5.41) is 6.66. The third-order valence-electron chi connectivity index (χ3n) is 2.31. The van der Waals surface area contributed by atoms with Crippen LogP contribution in [-0.2, 0) is 0 Å². The van der Waals surface area contributed by atoms with Crippen LogP contribution in [0.3, 0.4) is 0 Å². The lowest BCUT2D eigenvalue weighted by molar-refractivity contribution is 0.937. The molecule has 0 unspecified atom stereocenters. The predicted octanol–water partition coefficient (Wildman–Crippen LogP) is 2.19. The van der Waals surface area contributed by atoms with E-state index in [0.29, 0.717) is 0 Å². The number of benzene rings is 1. The van der Waals surface area contributed by atoms with E-state index in [-0.39, 0.29) is 0 Å². The normalized spacial score (nSPS) is 11.2. The highest BCUT2D eigenvalue weighted by Crippen LogP contribution is 2.14. The number of pyridine rings is 1. The molecule has 3 rings (SSSR count). The van der Waals surface area contributed by atoms with Crippen LogP contribution in [-0.4, -0.2) is 14.6 Å². The standard InChI is InChI=1S/C11H9N3/c1-8-12-11-6-9-4-2-3-5-10(9)7-14(11)13-8/h2-7H,1H3. The van der Waals surface area contributed by atoms with Crippen LogP contribution < -0.4 is 0 Å². The van der Waals surface area contributed by atoms with Gasteiger partial charge in [-0.2, -0.15) is 5.10 Å². The molecule has 0 radical (unpaired) electrons. The van der Waals surface area contributed by atoms with E-state index in [9.17, 15) is 0 Å². The fourth-order valence-corrected chi connectivity index (χ4v) is 1.67. The van der Waals surface area contributed by atoms with Crippen LogP contribution in [0.1, 0.15) is 5.82 Å². The van der Waals surface area contributed by atoms with Crippen molar-refractivity contribution in [3.63, 3.8) is 0 Å². The van der Waals surface area contributed by atoms with Crippen molar-refractivity contribution in [2.75, 3.05) is 0 Å². The van der Waals surface area contributed by atoms with Crippen molar-refractivity contribution in [2.24, 2.45) is 0 Å². The maximum absolute atomic E-state index is 4.32. The first-order chi connectivity index (χ1) is 6.83. The van der Waals surface area contributed by atoms with Crippen molar-refractivity contribution < 1.29 is 0 Å². The van der Waals surface area contributed by atoms with E-state index in [2.05, 4.69) is 28.3 Å². The molecule has 0 N–H and O–H groups in total. The number of aromatic nitrogens is 3. The van der Waals surface area contributed by atoms with Crippen LogP contribution in [0.25, 0.3) is 16.4 Å². The monoisotopic (exact) mass is 183 g/mol. The second kappa shape index (κ2) is 2.54. The highest BCUT2D eigenvalue weighted by molar-refractivity contribution is 5.84. The molecule has 0 saturated heterocycles. The molecule has 3 heteroatoms. The largest absolute Gasteiger partial charge is 0.220 e. The Labute approximate surface area is 81.0 Å². The molecule has 0 aliphatic carbocycles. The van der Waals surface area contributed by atoms with E-state index in [1.165, 1.54) is 10.8 Å². The molecule has 0 spiro atoms. The maximum atomic E-state index is 4.32. The molecule has 0 bridgehead atoms. The maximum Gasteiger partial charge on any atom is 0.156 e. The van der Waals surface area contributed by atoms with Gasteiger partial charge in [-0.3, -0.25) is 0 Å². The Bertz CT molecular complexity index is 558. The first-order valence-corrected chi connectivity index (χ1v) is 4.55. The van der Waals surface area contributed by atoms with Crippen molar-refractivity contribution in [2.45, 2.75) is 6.92 Å². The van der Waals surface area contributed by atoms with Crippen LogP contribution in [0.5, 0.6) is 0 Å². The number of rotatable bonds is 0. The molecule has 14 heavy (non-hydrogen) atoms. The summed E-state index contributed by atoms with van der Waals surface area (Å²) in [6, 6.07) is 10.3. The van der Waals surface area contributed by atoms with E-state index in [1.807, 2.05) is 29.8 Å². The molecule has 0 aliphatic rings. The first-order valence-electron chi connectivity index (χ1n) is 4.55. The summed E-state index contributed by atoms with van der Waals surface area (Å²) in [5.74, 6) is 0.806. The summed E-state index contributed by atoms with van der Waals surface area (Å²) < 4.78 is 1.82. The van der Waals surface area contributed by atoms with Gasteiger partial charge in [-0.25, -0.2) is 9.50 Å². The molecule has 0 fully saturated rings. The Balaban J connectivity index is 2.51. The molecule has 1 aromatic carbocycles. The van der Waals surface area contributed by atoms with E-state index in [0.717, 1.165) is 11.5 Å². The fraction of sp³-hybridized carbons (Fsp3) is 0.0909. The Morgan fingerprint density at radius 2 is 1.93 bits per heavy atom. The molecule has 2 heterocycles. The third-order valence-corrected chi connectivity index (χ3v) is 2.31. The van der Waals surface area contributed by atoms with E-state index in [1.54, 1.807) is 0 Å². The lowest BCUT2D eigenvalue weighted by Gasteiger charge is -1.96. The lowest BCUT2D eigenvalue weighted by atomic mass is 10.2. The summed E-state index contributed by atoms with van der Waals surface area (Å²) >= 11 is 0. The molecule has 68 valence electrons. The smallest absolute Gasteiger partial charge is 0.156 e. The molecular formula is C11H9N3. The van der Waals surface area contributed by atoms with E-state index < -0.39 is 0 Å². The van der Waals surface area contributed by atoms with Gasteiger partial charge in [-0.15, -0.1) is 0 Å². The third kappa shape index (κ3) is 0.988. The number of fused-ring (bicyclic) bond motifs is 2. The molecule has 0 atom stereocenters. The van der Waals surface area contributed by atoms with E-state index >= 15 is 0 Å². The van der Waals surface area contributed by atoms with Gasteiger partial charge in [0.15, 0.2) is 5.65 Å². The SMILES string of the molecule is Cc1nc2cc3ccccc3cn2n1. The molecule has 0 saturated carbocycles. The zero-order valence-electron chi connectivity index (χ0n) is 7.81. The number of nitrogens with zero attached hydrogens (tertiary/aromatic N) is 3. The Morgan fingerprint density at radius 1 is 1.14 bits per heavy atom. The van der Waals surface area contributed by atoms with Crippen molar-refractivity contribution in [3.8, 4) is 0 Å². The average molecular weight is 183 g/mol. The van der Waals surface area contributed by atoms with Gasteiger partial charge in [0.1, 0.15) is 5.82 Å². The molecule has 3 aromatic rings.